The number of nitrogens with one attached hydrogen (secondary N) is 1. The van der Waals surface area contributed by atoms with Gasteiger partial charge in [0.05, 0.1) is 21.4 Å². The molecule has 29 heavy (non-hydrogen) atoms. The van der Waals surface area contributed by atoms with E-state index in [1.807, 2.05) is 6.92 Å². The van der Waals surface area contributed by atoms with E-state index in [2.05, 4.69) is 42.4 Å². The molecular weight excluding hydrogens is 528 g/mol. The zero-order chi connectivity index (χ0) is 21.0. The average Bonchev–Trinajstić information content (AvgIpc) is 3.20. The lowest BCUT2D eigenvalue weighted by Gasteiger charge is -2.11. The highest BCUT2D eigenvalue weighted by atomic mass is 79.9. The second-order valence-electron chi connectivity index (χ2n) is 5.84. The van der Waals surface area contributed by atoms with Crippen molar-refractivity contribution in [2.75, 3.05) is 0 Å². The van der Waals surface area contributed by atoms with Crippen LogP contribution < -0.4 is 9.61 Å². The van der Waals surface area contributed by atoms with E-state index in [-0.39, 0.29) is 16.4 Å². The molecule has 1 heterocycles. The Morgan fingerprint density at radius 3 is 2.38 bits per heavy atom. The third kappa shape index (κ3) is 5.34. The van der Waals surface area contributed by atoms with E-state index in [1.165, 1.54) is 30.7 Å². The lowest BCUT2D eigenvalue weighted by Crippen LogP contribution is -2.16. The molecule has 0 aliphatic carbocycles. The minimum Gasteiger partial charge on any atom is -0.459 e. The summed E-state index contributed by atoms with van der Waals surface area (Å²) in [4.78, 5) is 11.8. The van der Waals surface area contributed by atoms with E-state index >= 15 is 0 Å². The molecule has 0 saturated carbocycles. The van der Waals surface area contributed by atoms with Crippen LogP contribution in [0.1, 0.15) is 21.7 Å². The van der Waals surface area contributed by atoms with Gasteiger partial charge < -0.3 is 8.60 Å². The largest absolute Gasteiger partial charge is 0.459 e. The zero-order valence-corrected chi connectivity index (χ0v) is 18.9. The van der Waals surface area contributed by atoms with Crippen LogP contribution in [0.15, 0.2) is 78.2 Å². The highest BCUT2D eigenvalue weighted by molar-refractivity contribution is 9.11. The van der Waals surface area contributed by atoms with Crippen molar-refractivity contribution >= 4 is 54.1 Å². The van der Waals surface area contributed by atoms with Crippen molar-refractivity contribution in [2.45, 2.75) is 11.8 Å². The molecule has 2 aromatic carbocycles. The number of hydrazone groups is 1. The number of carbonyl (C=O) groups is 1. The lowest BCUT2D eigenvalue weighted by molar-refractivity contribution is 0.0927. The standard InChI is InChI=1S/C19H14Br2N2O5S/c1-12-4-6-14(7-5-12)29(25,26)28-18-15(20)9-13(10-16(18)21)11-22-23-19(24)17-3-2-8-27-17/h2-11H,1H3,(H,23,24)/b22-11-. The van der Waals surface area contributed by atoms with Crippen molar-refractivity contribution < 1.29 is 21.8 Å². The van der Waals surface area contributed by atoms with Crippen LogP contribution in [0.25, 0.3) is 0 Å². The van der Waals surface area contributed by atoms with Crippen LogP contribution in [0.3, 0.4) is 0 Å². The summed E-state index contributed by atoms with van der Waals surface area (Å²) in [5, 5.41) is 3.85. The number of aryl methyl sites for hydroxylation is 1. The lowest BCUT2D eigenvalue weighted by atomic mass is 10.2. The first-order valence-electron chi connectivity index (χ1n) is 8.13. The van der Waals surface area contributed by atoms with E-state index in [4.69, 9.17) is 8.60 Å². The molecule has 0 radical (unpaired) electrons. The molecule has 3 rings (SSSR count). The van der Waals surface area contributed by atoms with Crippen molar-refractivity contribution in [3.8, 4) is 5.75 Å². The fourth-order valence-corrected chi connectivity index (χ4v) is 4.79. The van der Waals surface area contributed by atoms with Gasteiger partial charge in [0.25, 0.3) is 0 Å². The molecule has 1 N–H and O–H groups in total. The van der Waals surface area contributed by atoms with Crippen LogP contribution in [0, 0.1) is 6.92 Å². The zero-order valence-electron chi connectivity index (χ0n) is 14.9. The minimum absolute atomic E-state index is 0.0492. The Bertz CT molecular complexity index is 1130. The molecule has 150 valence electrons. The van der Waals surface area contributed by atoms with Gasteiger partial charge in [-0.05, 0) is 80.7 Å². The van der Waals surface area contributed by atoms with Crippen LogP contribution in [-0.4, -0.2) is 20.5 Å². The van der Waals surface area contributed by atoms with Gasteiger partial charge in [-0.15, -0.1) is 0 Å². The van der Waals surface area contributed by atoms with E-state index in [0.29, 0.717) is 14.5 Å². The summed E-state index contributed by atoms with van der Waals surface area (Å²) in [6.45, 7) is 1.86. The summed E-state index contributed by atoms with van der Waals surface area (Å²) in [6.07, 6.45) is 2.78. The van der Waals surface area contributed by atoms with Crippen LogP contribution in [-0.2, 0) is 10.1 Å². The molecular formula is C19H14Br2N2O5S. The molecule has 0 fully saturated rings. The summed E-state index contributed by atoms with van der Waals surface area (Å²) in [6, 6.07) is 12.7. The Kier molecular flexibility index (Phi) is 6.56. The molecule has 3 aromatic rings. The Labute approximate surface area is 184 Å². The maximum absolute atomic E-state index is 12.5. The number of carbonyl (C=O) groups excluding carboxylic acids is 1. The summed E-state index contributed by atoms with van der Waals surface area (Å²) < 4.78 is 36.1. The first-order chi connectivity index (χ1) is 13.8. The number of amides is 1. The van der Waals surface area contributed by atoms with E-state index in [1.54, 1.807) is 30.3 Å². The van der Waals surface area contributed by atoms with Crippen molar-refractivity contribution in [3.63, 3.8) is 0 Å². The minimum atomic E-state index is -4.00. The molecule has 0 aliphatic heterocycles. The molecule has 1 amide bonds. The molecule has 0 saturated heterocycles. The third-order valence-corrected chi connectivity index (χ3v) is 6.06. The summed E-state index contributed by atoms with van der Waals surface area (Å²) >= 11 is 6.61. The fourth-order valence-electron chi connectivity index (χ4n) is 2.22. The molecule has 0 unspecified atom stereocenters. The predicted octanol–water partition coefficient (Wildman–Crippen LogP) is 4.64. The predicted molar refractivity (Wildman–Crippen MR) is 115 cm³/mol. The van der Waals surface area contributed by atoms with Crippen molar-refractivity contribution in [1.29, 1.82) is 0 Å². The van der Waals surface area contributed by atoms with E-state index in [0.717, 1.165) is 5.56 Å². The number of hydrogen-bond donors (Lipinski definition) is 1. The molecule has 10 heteroatoms. The maximum Gasteiger partial charge on any atom is 0.339 e. The van der Waals surface area contributed by atoms with Gasteiger partial charge in [0, 0.05) is 0 Å². The van der Waals surface area contributed by atoms with Gasteiger partial charge in [0.1, 0.15) is 4.90 Å². The number of furan rings is 1. The Morgan fingerprint density at radius 2 is 1.79 bits per heavy atom. The fraction of sp³-hybridized carbons (Fsp3) is 0.0526. The van der Waals surface area contributed by atoms with Gasteiger partial charge in [-0.25, -0.2) is 5.43 Å². The van der Waals surface area contributed by atoms with Gasteiger partial charge in [-0.1, -0.05) is 17.7 Å². The van der Waals surface area contributed by atoms with Crippen molar-refractivity contribution in [3.05, 3.63) is 80.6 Å². The number of halogens is 2. The number of nitrogens with zero attached hydrogens (tertiary/aromatic N) is 1. The second-order valence-corrected chi connectivity index (χ2v) is 9.10. The second kappa shape index (κ2) is 8.93. The molecule has 0 spiro atoms. The molecule has 1 aromatic heterocycles. The van der Waals surface area contributed by atoms with E-state index in [9.17, 15) is 13.2 Å². The van der Waals surface area contributed by atoms with Crippen LogP contribution in [0.4, 0.5) is 0 Å². The number of hydrogen-bond acceptors (Lipinski definition) is 6. The highest BCUT2D eigenvalue weighted by Crippen LogP contribution is 2.36. The van der Waals surface area contributed by atoms with E-state index < -0.39 is 16.0 Å². The van der Waals surface area contributed by atoms with Gasteiger partial charge >= 0.3 is 16.0 Å². The third-order valence-electron chi connectivity index (χ3n) is 3.65. The molecule has 0 bridgehead atoms. The smallest absolute Gasteiger partial charge is 0.339 e. The van der Waals surface area contributed by atoms with Crippen LogP contribution in [0.2, 0.25) is 0 Å². The normalized spacial score (nSPS) is 11.6. The van der Waals surface area contributed by atoms with Crippen molar-refractivity contribution in [2.24, 2.45) is 5.10 Å². The molecule has 0 atom stereocenters. The average molecular weight is 542 g/mol. The topological polar surface area (TPSA) is 98.0 Å². The van der Waals surface area contributed by atoms with Gasteiger partial charge in [0.15, 0.2) is 11.5 Å². The van der Waals surface area contributed by atoms with Gasteiger partial charge in [-0.2, -0.15) is 13.5 Å². The quantitative estimate of drug-likeness (QED) is 0.278. The van der Waals surface area contributed by atoms with Crippen LogP contribution in [0.5, 0.6) is 5.75 Å². The summed E-state index contributed by atoms with van der Waals surface area (Å²) in [5.41, 5.74) is 3.86. The SMILES string of the molecule is Cc1ccc(S(=O)(=O)Oc2c(Br)cc(/C=N\NC(=O)c3ccco3)cc2Br)cc1. The Hall–Kier alpha value is -2.43. The summed E-state index contributed by atoms with van der Waals surface area (Å²) in [5.74, 6) is -0.259. The maximum atomic E-state index is 12.5. The summed E-state index contributed by atoms with van der Waals surface area (Å²) in [7, 11) is -4.00. The first-order valence-corrected chi connectivity index (χ1v) is 11.1. The molecule has 0 aliphatic rings. The Balaban J connectivity index is 1.76. The Morgan fingerprint density at radius 1 is 1.14 bits per heavy atom. The van der Waals surface area contributed by atoms with Gasteiger partial charge in [0.2, 0.25) is 0 Å². The van der Waals surface area contributed by atoms with Crippen molar-refractivity contribution in [1.82, 2.24) is 5.43 Å². The molecule has 7 nitrogen and oxygen atoms in total. The van der Waals surface area contributed by atoms with Gasteiger partial charge in [-0.3, -0.25) is 4.79 Å². The monoisotopic (exact) mass is 540 g/mol. The van der Waals surface area contributed by atoms with Crippen LogP contribution >= 0.6 is 31.9 Å². The first kappa shape index (κ1) is 21.3. The number of rotatable bonds is 6. The highest BCUT2D eigenvalue weighted by Gasteiger charge is 2.20. The number of benzene rings is 2.